The molecule has 0 bridgehead atoms. The third kappa shape index (κ3) is 6.72. The summed E-state index contributed by atoms with van der Waals surface area (Å²) in [6.07, 6.45) is 3.32. The number of carboxylic acid groups (broad SMARTS) is 1. The van der Waals surface area contributed by atoms with E-state index >= 15 is 0 Å². The first-order chi connectivity index (χ1) is 15.1. The highest BCUT2D eigenvalue weighted by Gasteiger charge is 2.25. The van der Waals surface area contributed by atoms with E-state index in [1.807, 2.05) is 48.5 Å². The number of amides is 1. The average Bonchev–Trinajstić information content (AvgIpc) is 2.79. The first-order valence-electron chi connectivity index (χ1n) is 10.5. The molecule has 0 heterocycles. The van der Waals surface area contributed by atoms with Crippen LogP contribution in [0.25, 0.3) is 0 Å². The third-order valence-corrected chi connectivity index (χ3v) is 5.50. The second-order valence-corrected chi connectivity index (χ2v) is 7.74. The number of nitrogens with zero attached hydrogens (tertiary/aromatic N) is 1. The Labute approximate surface area is 182 Å². The van der Waals surface area contributed by atoms with Crippen LogP contribution in [0.15, 0.2) is 54.6 Å². The maximum absolute atomic E-state index is 13.0. The Morgan fingerprint density at radius 2 is 1.58 bits per heavy atom. The van der Waals surface area contributed by atoms with Crippen LogP contribution in [-0.2, 0) is 14.3 Å². The number of aliphatic carboxylic acids is 1. The number of carbonyl (C=O) groups is 2. The van der Waals surface area contributed by atoms with E-state index in [0.29, 0.717) is 36.5 Å². The lowest BCUT2D eigenvalue weighted by atomic mass is 9.83. The minimum Gasteiger partial charge on any atom is -0.497 e. The maximum Gasteiger partial charge on any atom is 0.418 e. The van der Waals surface area contributed by atoms with Crippen LogP contribution in [0.5, 0.6) is 5.75 Å². The van der Waals surface area contributed by atoms with Gasteiger partial charge in [-0.25, -0.2) is 14.5 Å². The van der Waals surface area contributed by atoms with Gasteiger partial charge in [-0.2, -0.15) is 0 Å². The molecule has 7 heteroatoms. The van der Waals surface area contributed by atoms with E-state index < -0.39 is 12.1 Å². The minimum absolute atomic E-state index is 0.253. The van der Waals surface area contributed by atoms with Gasteiger partial charge in [-0.05, 0) is 61.8 Å². The lowest BCUT2D eigenvalue weighted by Gasteiger charge is -2.29. The van der Waals surface area contributed by atoms with Gasteiger partial charge in [0, 0.05) is 6.07 Å². The first kappa shape index (κ1) is 22.6. The topological polar surface area (TPSA) is 85.3 Å². The van der Waals surface area contributed by atoms with E-state index in [2.05, 4.69) is 0 Å². The number of benzene rings is 2. The number of rotatable bonds is 9. The van der Waals surface area contributed by atoms with E-state index in [0.717, 1.165) is 31.4 Å². The van der Waals surface area contributed by atoms with Gasteiger partial charge in [0.15, 0.2) is 0 Å². The zero-order valence-corrected chi connectivity index (χ0v) is 17.7. The Kier molecular flexibility index (Phi) is 8.29. The normalized spacial score (nSPS) is 18.2. The van der Waals surface area contributed by atoms with Crippen LogP contribution in [0.1, 0.15) is 25.7 Å². The molecule has 0 atom stereocenters. The molecule has 3 rings (SSSR count). The molecule has 1 aliphatic carbocycles. The number of methoxy groups -OCH3 is 1. The van der Waals surface area contributed by atoms with Crippen molar-refractivity contribution in [2.24, 2.45) is 11.8 Å². The van der Waals surface area contributed by atoms with Crippen molar-refractivity contribution < 1.29 is 28.9 Å². The molecule has 1 fully saturated rings. The fourth-order valence-corrected chi connectivity index (χ4v) is 3.82. The highest BCUT2D eigenvalue weighted by Crippen LogP contribution is 2.31. The summed E-state index contributed by atoms with van der Waals surface area (Å²) in [7, 11) is 1.59. The Morgan fingerprint density at radius 1 is 0.935 bits per heavy atom. The molecule has 2 aromatic rings. The summed E-state index contributed by atoms with van der Waals surface area (Å²) in [5.41, 5.74) is 1.40. The highest BCUT2D eigenvalue weighted by molar-refractivity contribution is 5.96. The van der Waals surface area contributed by atoms with Gasteiger partial charge in [0.05, 0.1) is 31.7 Å². The summed E-state index contributed by atoms with van der Waals surface area (Å²) < 4.78 is 16.2. The van der Waals surface area contributed by atoms with Crippen molar-refractivity contribution in [1.82, 2.24) is 0 Å². The smallest absolute Gasteiger partial charge is 0.418 e. The van der Waals surface area contributed by atoms with Crippen LogP contribution in [0.3, 0.4) is 0 Å². The molecule has 0 saturated heterocycles. The fraction of sp³-hybridized carbons (Fsp3) is 0.417. The Morgan fingerprint density at radius 3 is 2.23 bits per heavy atom. The van der Waals surface area contributed by atoms with Crippen molar-refractivity contribution in [3.8, 4) is 5.75 Å². The molecule has 166 valence electrons. The number of hydrogen-bond donors (Lipinski definition) is 1. The predicted molar refractivity (Wildman–Crippen MR) is 117 cm³/mol. The van der Waals surface area contributed by atoms with Gasteiger partial charge in [-0.15, -0.1) is 0 Å². The Balaban J connectivity index is 1.57. The summed E-state index contributed by atoms with van der Waals surface area (Å²) in [6.45, 7) is 0.572. The zero-order chi connectivity index (χ0) is 22.1. The molecule has 0 unspecified atom stereocenters. The van der Waals surface area contributed by atoms with Crippen LogP contribution in [0, 0.1) is 11.8 Å². The first-order valence-corrected chi connectivity index (χ1v) is 10.5. The second-order valence-electron chi connectivity index (χ2n) is 7.74. The van der Waals surface area contributed by atoms with Crippen molar-refractivity contribution in [1.29, 1.82) is 0 Å². The van der Waals surface area contributed by atoms with Gasteiger partial charge in [0.25, 0.3) is 0 Å². The predicted octanol–water partition coefficient (Wildman–Crippen LogP) is 4.88. The van der Waals surface area contributed by atoms with Crippen molar-refractivity contribution >= 4 is 23.4 Å². The number of ether oxygens (including phenoxy) is 3. The molecule has 0 radical (unpaired) electrons. The molecule has 31 heavy (non-hydrogen) atoms. The van der Waals surface area contributed by atoms with Crippen LogP contribution in [0.4, 0.5) is 16.2 Å². The monoisotopic (exact) mass is 427 g/mol. The van der Waals surface area contributed by atoms with Crippen molar-refractivity contribution in [2.45, 2.75) is 25.7 Å². The standard InChI is InChI=1S/C24H29NO6/c1-29-22-9-5-8-21(14-22)25(20-6-3-2-4-7-20)24(28)31-16-19-12-10-18(11-13-19)15-30-17-23(26)27/h2-9,14,18-19H,10-13,15-17H2,1H3,(H,26,27). The molecule has 1 N–H and O–H groups in total. The lowest BCUT2D eigenvalue weighted by Crippen LogP contribution is -2.30. The van der Waals surface area contributed by atoms with Crippen LogP contribution in [0.2, 0.25) is 0 Å². The maximum atomic E-state index is 13.0. The quantitative estimate of drug-likeness (QED) is 0.614. The van der Waals surface area contributed by atoms with Gasteiger partial charge in [0.1, 0.15) is 12.4 Å². The van der Waals surface area contributed by atoms with Crippen LogP contribution >= 0.6 is 0 Å². The van der Waals surface area contributed by atoms with E-state index in [9.17, 15) is 9.59 Å². The summed E-state index contributed by atoms with van der Waals surface area (Å²) in [6, 6.07) is 16.7. The van der Waals surface area contributed by atoms with Gasteiger partial charge < -0.3 is 19.3 Å². The molecule has 0 spiro atoms. The molecule has 1 saturated carbocycles. The number of anilines is 2. The van der Waals surface area contributed by atoms with Crippen LogP contribution in [-0.4, -0.2) is 44.1 Å². The molecule has 7 nitrogen and oxygen atoms in total. The average molecular weight is 427 g/mol. The summed E-state index contributed by atoms with van der Waals surface area (Å²) >= 11 is 0. The highest BCUT2D eigenvalue weighted by atomic mass is 16.6. The van der Waals surface area contributed by atoms with Crippen LogP contribution < -0.4 is 9.64 Å². The number of carbonyl (C=O) groups excluding carboxylic acids is 1. The van der Waals surface area contributed by atoms with E-state index in [-0.39, 0.29) is 6.61 Å². The van der Waals surface area contributed by atoms with Gasteiger partial charge in [-0.1, -0.05) is 24.3 Å². The van der Waals surface area contributed by atoms with E-state index in [1.165, 1.54) is 0 Å². The second kappa shape index (κ2) is 11.4. The molecule has 2 aromatic carbocycles. The molecule has 1 aliphatic rings. The molecular weight excluding hydrogens is 398 g/mol. The number of para-hydroxylation sites is 1. The molecule has 0 aromatic heterocycles. The zero-order valence-electron chi connectivity index (χ0n) is 17.7. The van der Waals surface area contributed by atoms with Gasteiger partial charge in [0.2, 0.25) is 0 Å². The summed E-state index contributed by atoms with van der Waals surface area (Å²) in [5, 5.41) is 8.66. The molecule has 1 amide bonds. The fourth-order valence-electron chi connectivity index (χ4n) is 3.82. The van der Waals surface area contributed by atoms with E-state index in [1.54, 1.807) is 18.1 Å². The van der Waals surface area contributed by atoms with Crippen molar-refractivity contribution in [2.75, 3.05) is 31.8 Å². The lowest BCUT2D eigenvalue weighted by molar-refractivity contribution is -0.142. The largest absolute Gasteiger partial charge is 0.497 e. The van der Waals surface area contributed by atoms with Gasteiger partial charge in [-0.3, -0.25) is 0 Å². The van der Waals surface area contributed by atoms with Crippen molar-refractivity contribution in [3.63, 3.8) is 0 Å². The third-order valence-electron chi connectivity index (χ3n) is 5.50. The Bertz CT molecular complexity index is 848. The SMILES string of the molecule is COc1cccc(N(C(=O)OCC2CCC(COCC(=O)O)CC2)c2ccccc2)c1. The minimum atomic E-state index is -0.945. The van der Waals surface area contributed by atoms with E-state index in [4.69, 9.17) is 19.3 Å². The molecular formula is C24H29NO6. The number of carboxylic acids is 1. The Hall–Kier alpha value is -3.06. The van der Waals surface area contributed by atoms with Crippen molar-refractivity contribution in [3.05, 3.63) is 54.6 Å². The van der Waals surface area contributed by atoms with Gasteiger partial charge >= 0.3 is 12.1 Å². The number of hydrogen-bond acceptors (Lipinski definition) is 5. The molecule has 0 aliphatic heterocycles. The summed E-state index contributed by atoms with van der Waals surface area (Å²) in [5.74, 6) is 0.376. The summed E-state index contributed by atoms with van der Waals surface area (Å²) in [4.78, 5) is 25.1.